The highest BCUT2D eigenvalue weighted by atomic mass is 35.5. The van der Waals surface area contributed by atoms with E-state index in [1.807, 2.05) is 12.1 Å². The second-order valence-corrected chi connectivity index (χ2v) is 5.30. The molecule has 1 aromatic rings. The van der Waals surface area contributed by atoms with Gasteiger partial charge < -0.3 is 0 Å². The van der Waals surface area contributed by atoms with Crippen LogP contribution in [0.3, 0.4) is 0 Å². The van der Waals surface area contributed by atoms with Crippen molar-refractivity contribution in [1.82, 2.24) is 0 Å². The van der Waals surface area contributed by atoms with Gasteiger partial charge in [0.05, 0.1) is 5.02 Å². The van der Waals surface area contributed by atoms with Crippen LogP contribution in [0.15, 0.2) is 31.4 Å². The van der Waals surface area contributed by atoms with Gasteiger partial charge in [0.25, 0.3) is 0 Å². The first-order chi connectivity index (χ1) is 8.67. The minimum atomic E-state index is -0.338. The average Bonchev–Trinajstić information content (AvgIpc) is 2.42. The van der Waals surface area contributed by atoms with Crippen molar-refractivity contribution in [3.8, 4) is 0 Å². The molecular formula is C16H18ClF. The summed E-state index contributed by atoms with van der Waals surface area (Å²) in [6.07, 6.45) is 7.88. The Morgan fingerprint density at radius 3 is 2.39 bits per heavy atom. The highest BCUT2D eigenvalue weighted by Crippen LogP contribution is 2.40. The molecule has 0 radical (unpaired) electrons. The maximum Gasteiger partial charge on any atom is 0.149 e. The van der Waals surface area contributed by atoms with Crippen LogP contribution in [-0.4, -0.2) is 0 Å². The van der Waals surface area contributed by atoms with E-state index in [0.717, 1.165) is 31.2 Å². The summed E-state index contributed by atoms with van der Waals surface area (Å²) in [6, 6.07) is 3.71. The van der Waals surface area contributed by atoms with Crippen LogP contribution in [0.5, 0.6) is 0 Å². The van der Waals surface area contributed by atoms with E-state index in [4.69, 9.17) is 11.6 Å². The zero-order valence-electron chi connectivity index (χ0n) is 10.5. The van der Waals surface area contributed by atoms with E-state index in [9.17, 15) is 4.39 Å². The molecule has 1 aliphatic carbocycles. The SMILES string of the molecule is C=Cc1ccc(C2CCC(C=C)CC2)c(Cl)c1F. The molecule has 0 N–H and O–H groups in total. The molecule has 0 aromatic heterocycles. The number of rotatable bonds is 3. The van der Waals surface area contributed by atoms with E-state index < -0.39 is 0 Å². The van der Waals surface area contributed by atoms with Crippen LogP contribution in [-0.2, 0) is 0 Å². The third kappa shape index (κ3) is 2.51. The van der Waals surface area contributed by atoms with Crippen LogP contribution in [0.4, 0.5) is 4.39 Å². The molecule has 2 heteroatoms. The molecule has 0 heterocycles. The molecule has 0 spiro atoms. The molecule has 0 amide bonds. The lowest BCUT2D eigenvalue weighted by Gasteiger charge is -2.27. The van der Waals surface area contributed by atoms with E-state index in [0.29, 0.717) is 17.4 Å². The number of benzene rings is 1. The Morgan fingerprint density at radius 1 is 1.17 bits per heavy atom. The van der Waals surface area contributed by atoms with Gasteiger partial charge in [-0.3, -0.25) is 0 Å². The lowest BCUT2D eigenvalue weighted by atomic mass is 9.78. The van der Waals surface area contributed by atoms with Gasteiger partial charge in [-0.2, -0.15) is 0 Å². The van der Waals surface area contributed by atoms with Crippen LogP contribution in [0.1, 0.15) is 42.7 Å². The second-order valence-electron chi connectivity index (χ2n) is 4.92. The average molecular weight is 265 g/mol. The number of hydrogen-bond acceptors (Lipinski definition) is 0. The van der Waals surface area contributed by atoms with Gasteiger partial charge in [0.2, 0.25) is 0 Å². The van der Waals surface area contributed by atoms with Gasteiger partial charge in [-0.15, -0.1) is 6.58 Å². The van der Waals surface area contributed by atoms with Crippen molar-refractivity contribution in [3.63, 3.8) is 0 Å². The molecule has 0 unspecified atom stereocenters. The third-order valence-electron chi connectivity index (χ3n) is 3.91. The first-order valence-electron chi connectivity index (χ1n) is 6.40. The Bertz CT molecular complexity index is 456. The molecule has 1 fully saturated rings. The Labute approximate surface area is 113 Å². The van der Waals surface area contributed by atoms with Crippen LogP contribution >= 0.6 is 11.6 Å². The number of allylic oxidation sites excluding steroid dienone is 1. The summed E-state index contributed by atoms with van der Waals surface area (Å²) < 4.78 is 13.9. The fourth-order valence-electron chi connectivity index (χ4n) is 2.72. The Kier molecular flexibility index (Phi) is 4.23. The molecule has 2 rings (SSSR count). The quantitative estimate of drug-likeness (QED) is 0.625. The van der Waals surface area contributed by atoms with E-state index in [2.05, 4.69) is 13.2 Å². The van der Waals surface area contributed by atoms with E-state index >= 15 is 0 Å². The second kappa shape index (κ2) is 5.71. The van der Waals surface area contributed by atoms with E-state index in [-0.39, 0.29) is 10.8 Å². The van der Waals surface area contributed by atoms with Crippen molar-refractivity contribution < 1.29 is 4.39 Å². The molecule has 0 bridgehead atoms. The molecule has 1 aliphatic rings. The van der Waals surface area contributed by atoms with Gasteiger partial charge in [-0.05, 0) is 43.1 Å². The van der Waals surface area contributed by atoms with E-state index in [1.54, 1.807) is 6.07 Å². The Balaban J connectivity index is 2.22. The van der Waals surface area contributed by atoms with Crippen molar-refractivity contribution in [3.05, 3.63) is 53.3 Å². The highest BCUT2D eigenvalue weighted by Gasteiger charge is 2.23. The van der Waals surface area contributed by atoms with Crippen molar-refractivity contribution in [2.75, 3.05) is 0 Å². The number of halogens is 2. The molecule has 0 saturated heterocycles. The molecular weight excluding hydrogens is 247 g/mol. The van der Waals surface area contributed by atoms with Crippen LogP contribution in [0, 0.1) is 11.7 Å². The summed E-state index contributed by atoms with van der Waals surface area (Å²) in [4.78, 5) is 0. The summed E-state index contributed by atoms with van der Waals surface area (Å²) in [5.74, 6) is 0.648. The molecule has 1 aromatic carbocycles. The minimum absolute atomic E-state index is 0.273. The van der Waals surface area contributed by atoms with Gasteiger partial charge in [0.1, 0.15) is 5.82 Å². The fraction of sp³-hybridized carbons (Fsp3) is 0.375. The van der Waals surface area contributed by atoms with Crippen LogP contribution in [0.25, 0.3) is 6.08 Å². The molecule has 0 aliphatic heterocycles. The lowest BCUT2D eigenvalue weighted by molar-refractivity contribution is 0.375. The topological polar surface area (TPSA) is 0 Å². The van der Waals surface area contributed by atoms with Gasteiger partial charge in [0.15, 0.2) is 0 Å². The largest absolute Gasteiger partial charge is 0.205 e. The summed E-state index contributed by atoms with van der Waals surface area (Å²) in [5.41, 5.74) is 1.42. The zero-order chi connectivity index (χ0) is 13.1. The smallest absolute Gasteiger partial charge is 0.149 e. The summed E-state index contributed by atoms with van der Waals surface area (Å²) in [6.45, 7) is 7.43. The normalized spacial score (nSPS) is 23.7. The molecule has 1 saturated carbocycles. The first kappa shape index (κ1) is 13.4. The fourth-order valence-corrected chi connectivity index (χ4v) is 3.04. The number of hydrogen-bond donors (Lipinski definition) is 0. The van der Waals surface area contributed by atoms with Crippen molar-refractivity contribution >= 4 is 17.7 Å². The Morgan fingerprint density at radius 2 is 1.83 bits per heavy atom. The predicted molar refractivity (Wildman–Crippen MR) is 76.4 cm³/mol. The zero-order valence-corrected chi connectivity index (χ0v) is 11.2. The molecule has 18 heavy (non-hydrogen) atoms. The van der Waals surface area contributed by atoms with Crippen molar-refractivity contribution in [2.24, 2.45) is 5.92 Å². The summed E-state index contributed by atoms with van der Waals surface area (Å²) >= 11 is 6.14. The molecule has 0 atom stereocenters. The van der Waals surface area contributed by atoms with Crippen molar-refractivity contribution in [2.45, 2.75) is 31.6 Å². The lowest BCUT2D eigenvalue weighted by Crippen LogP contribution is -2.12. The third-order valence-corrected chi connectivity index (χ3v) is 4.29. The van der Waals surface area contributed by atoms with Crippen molar-refractivity contribution in [1.29, 1.82) is 0 Å². The van der Waals surface area contributed by atoms with Crippen LogP contribution < -0.4 is 0 Å². The highest BCUT2D eigenvalue weighted by molar-refractivity contribution is 6.31. The summed E-state index contributed by atoms with van der Waals surface area (Å²) in [7, 11) is 0. The van der Waals surface area contributed by atoms with Gasteiger partial charge in [0, 0.05) is 5.56 Å². The van der Waals surface area contributed by atoms with Gasteiger partial charge in [-0.25, -0.2) is 4.39 Å². The maximum absolute atomic E-state index is 13.9. The molecule has 0 nitrogen and oxygen atoms in total. The maximum atomic E-state index is 13.9. The summed E-state index contributed by atoms with van der Waals surface area (Å²) in [5, 5.41) is 0.273. The van der Waals surface area contributed by atoms with Gasteiger partial charge in [-0.1, -0.05) is 42.5 Å². The Hall–Kier alpha value is -1.08. The first-order valence-corrected chi connectivity index (χ1v) is 6.78. The van der Waals surface area contributed by atoms with E-state index in [1.165, 1.54) is 6.08 Å². The predicted octanol–water partition coefficient (Wildman–Crippen LogP) is 5.58. The molecule has 96 valence electrons. The van der Waals surface area contributed by atoms with Gasteiger partial charge >= 0.3 is 0 Å². The minimum Gasteiger partial charge on any atom is -0.205 e. The van der Waals surface area contributed by atoms with Crippen LogP contribution in [0.2, 0.25) is 5.02 Å². The monoisotopic (exact) mass is 264 g/mol. The standard InChI is InChI=1S/C16H18ClF/c1-3-11-5-7-13(8-6-11)14-10-9-12(4-2)16(18)15(14)17/h3-4,9-11,13H,1-2,5-8H2.